The van der Waals surface area contributed by atoms with Gasteiger partial charge in [0.25, 0.3) is 0 Å². The predicted octanol–water partition coefficient (Wildman–Crippen LogP) is 3.95. The van der Waals surface area contributed by atoms with Crippen molar-refractivity contribution in [2.45, 2.75) is 44.6 Å². The number of ether oxygens (including phenoxy) is 2. The van der Waals surface area contributed by atoms with Gasteiger partial charge in [0.2, 0.25) is 5.88 Å². The van der Waals surface area contributed by atoms with E-state index < -0.39 is 0 Å². The van der Waals surface area contributed by atoms with Crippen LogP contribution in [0.15, 0.2) is 60.0 Å². The zero-order chi connectivity index (χ0) is 21.1. The SMILES string of the molecule is CCCC1NNC2OC(N)=C(C#N)C(c3ccc(OCc4ccc(Cl)cc4)cc3)C12. The minimum atomic E-state index is -0.260. The van der Waals surface area contributed by atoms with Gasteiger partial charge in [0, 0.05) is 22.9 Å². The van der Waals surface area contributed by atoms with Crippen LogP contribution >= 0.6 is 11.6 Å². The maximum absolute atomic E-state index is 9.77. The lowest BCUT2D eigenvalue weighted by Crippen LogP contribution is -2.41. The van der Waals surface area contributed by atoms with E-state index >= 15 is 0 Å². The number of nitriles is 1. The number of nitrogens with zero attached hydrogens (tertiary/aromatic N) is 1. The maximum atomic E-state index is 9.77. The topological polar surface area (TPSA) is 92.3 Å². The molecule has 2 aromatic carbocycles. The molecule has 0 saturated carbocycles. The molecule has 2 aliphatic rings. The van der Waals surface area contributed by atoms with E-state index in [-0.39, 0.29) is 30.0 Å². The zero-order valence-electron chi connectivity index (χ0n) is 16.8. The Balaban J connectivity index is 1.55. The van der Waals surface area contributed by atoms with Gasteiger partial charge in [0.05, 0.1) is 5.57 Å². The largest absolute Gasteiger partial charge is 0.489 e. The number of halogens is 1. The highest BCUT2D eigenvalue weighted by Gasteiger charge is 2.48. The van der Waals surface area contributed by atoms with Crippen molar-refractivity contribution >= 4 is 11.6 Å². The van der Waals surface area contributed by atoms with Crippen LogP contribution in [0.25, 0.3) is 0 Å². The number of nitrogens with one attached hydrogen (secondary N) is 2. The van der Waals surface area contributed by atoms with Crippen molar-refractivity contribution in [1.82, 2.24) is 10.9 Å². The molecule has 0 radical (unpaired) electrons. The lowest BCUT2D eigenvalue weighted by molar-refractivity contribution is 0.0337. The Kier molecular flexibility index (Phi) is 6.14. The van der Waals surface area contributed by atoms with Crippen LogP contribution in [0.2, 0.25) is 5.02 Å². The standard InChI is InChI=1S/C23H25ClN4O2/c1-2-3-19-21-20(18(12-25)22(26)30-23(21)28-27-19)15-6-10-17(11-7-15)29-13-14-4-8-16(24)9-5-14/h4-11,19-21,23,27-28H,2-3,13,26H2,1H3. The average molecular weight is 425 g/mol. The van der Waals surface area contributed by atoms with Crippen LogP contribution in [-0.4, -0.2) is 12.3 Å². The Labute approximate surface area is 181 Å². The lowest BCUT2D eigenvalue weighted by Gasteiger charge is -2.35. The van der Waals surface area contributed by atoms with Crippen molar-refractivity contribution in [3.63, 3.8) is 0 Å². The van der Waals surface area contributed by atoms with E-state index in [1.165, 1.54) is 0 Å². The first-order valence-electron chi connectivity index (χ1n) is 10.2. The van der Waals surface area contributed by atoms with E-state index in [1.807, 2.05) is 48.5 Å². The zero-order valence-corrected chi connectivity index (χ0v) is 17.5. The van der Waals surface area contributed by atoms with Crippen molar-refractivity contribution in [2.24, 2.45) is 11.7 Å². The third-order valence-corrected chi connectivity index (χ3v) is 5.97. The number of fused-ring (bicyclic) bond motifs is 1. The Hall–Kier alpha value is -2.72. The Morgan fingerprint density at radius 1 is 1.13 bits per heavy atom. The Bertz CT molecular complexity index is 953. The number of nitrogens with two attached hydrogens (primary N) is 1. The Morgan fingerprint density at radius 3 is 2.53 bits per heavy atom. The fourth-order valence-corrected chi connectivity index (χ4v) is 4.39. The lowest BCUT2D eigenvalue weighted by atomic mass is 9.75. The quantitative estimate of drug-likeness (QED) is 0.650. The van der Waals surface area contributed by atoms with Gasteiger partial charge in [-0.15, -0.1) is 0 Å². The molecule has 6 nitrogen and oxygen atoms in total. The summed E-state index contributed by atoms with van der Waals surface area (Å²) < 4.78 is 11.7. The molecule has 4 N–H and O–H groups in total. The van der Waals surface area contributed by atoms with Gasteiger partial charge in [-0.25, -0.2) is 5.43 Å². The van der Waals surface area contributed by atoms with Crippen LogP contribution in [-0.2, 0) is 11.3 Å². The smallest absolute Gasteiger partial charge is 0.200 e. The number of rotatable bonds is 6. The molecule has 2 aromatic rings. The van der Waals surface area contributed by atoms with E-state index in [0.717, 1.165) is 29.7 Å². The summed E-state index contributed by atoms with van der Waals surface area (Å²) in [6.07, 6.45) is 1.76. The molecule has 0 bridgehead atoms. The molecule has 4 rings (SSSR count). The third kappa shape index (κ3) is 4.10. The highest BCUT2D eigenvalue weighted by molar-refractivity contribution is 6.30. The first-order chi connectivity index (χ1) is 14.6. The van der Waals surface area contributed by atoms with Crippen molar-refractivity contribution in [1.29, 1.82) is 5.26 Å². The molecule has 4 atom stereocenters. The molecule has 0 amide bonds. The summed E-state index contributed by atoms with van der Waals surface area (Å²) in [7, 11) is 0. The van der Waals surface area contributed by atoms with Gasteiger partial charge < -0.3 is 15.2 Å². The number of benzene rings is 2. The number of allylic oxidation sites excluding steroid dienone is 1. The second-order valence-corrected chi connectivity index (χ2v) is 8.09. The summed E-state index contributed by atoms with van der Waals surface area (Å²) in [5, 5.41) is 10.5. The molecule has 156 valence electrons. The average Bonchev–Trinajstić information content (AvgIpc) is 3.15. The summed E-state index contributed by atoms with van der Waals surface area (Å²) >= 11 is 5.93. The number of hydrogen-bond donors (Lipinski definition) is 3. The summed E-state index contributed by atoms with van der Waals surface area (Å²) in [5.74, 6) is 0.893. The molecule has 1 fully saturated rings. The van der Waals surface area contributed by atoms with Crippen LogP contribution in [0.3, 0.4) is 0 Å². The van der Waals surface area contributed by atoms with Gasteiger partial charge in [-0.2, -0.15) is 5.26 Å². The molecule has 0 aromatic heterocycles. The van der Waals surface area contributed by atoms with E-state index in [2.05, 4.69) is 23.8 Å². The summed E-state index contributed by atoms with van der Waals surface area (Å²) in [6, 6.07) is 17.9. The minimum absolute atomic E-state index is 0.0766. The van der Waals surface area contributed by atoms with Gasteiger partial charge >= 0.3 is 0 Å². The van der Waals surface area contributed by atoms with Crippen LogP contribution in [0.4, 0.5) is 0 Å². The van der Waals surface area contributed by atoms with Gasteiger partial charge in [-0.05, 0) is 41.8 Å². The van der Waals surface area contributed by atoms with Crippen LogP contribution in [0, 0.1) is 17.2 Å². The van der Waals surface area contributed by atoms with E-state index in [1.54, 1.807) is 0 Å². The first kappa shape index (κ1) is 20.5. The van der Waals surface area contributed by atoms with E-state index in [0.29, 0.717) is 17.2 Å². The van der Waals surface area contributed by atoms with Gasteiger partial charge in [0.1, 0.15) is 18.4 Å². The van der Waals surface area contributed by atoms with E-state index in [9.17, 15) is 5.26 Å². The molecular weight excluding hydrogens is 400 g/mol. The molecule has 0 aliphatic carbocycles. The molecule has 30 heavy (non-hydrogen) atoms. The molecule has 4 unspecified atom stereocenters. The van der Waals surface area contributed by atoms with Crippen molar-refractivity contribution in [3.05, 3.63) is 76.1 Å². The molecule has 0 spiro atoms. The van der Waals surface area contributed by atoms with Crippen LogP contribution in [0.1, 0.15) is 36.8 Å². The predicted molar refractivity (Wildman–Crippen MR) is 115 cm³/mol. The van der Waals surface area contributed by atoms with E-state index in [4.69, 9.17) is 26.8 Å². The highest BCUT2D eigenvalue weighted by Crippen LogP contribution is 2.43. The van der Waals surface area contributed by atoms with Crippen molar-refractivity contribution < 1.29 is 9.47 Å². The fraction of sp³-hybridized carbons (Fsp3) is 0.348. The molecule has 1 saturated heterocycles. The fourth-order valence-electron chi connectivity index (χ4n) is 4.26. The van der Waals surface area contributed by atoms with Crippen molar-refractivity contribution in [2.75, 3.05) is 0 Å². The molecule has 2 heterocycles. The van der Waals surface area contributed by atoms with Gasteiger partial charge in [-0.3, -0.25) is 5.43 Å². The monoisotopic (exact) mass is 424 g/mol. The minimum Gasteiger partial charge on any atom is -0.489 e. The maximum Gasteiger partial charge on any atom is 0.200 e. The molecular formula is C23H25ClN4O2. The number of hydrazine groups is 1. The normalized spacial score (nSPS) is 25.4. The highest BCUT2D eigenvalue weighted by atomic mass is 35.5. The van der Waals surface area contributed by atoms with Gasteiger partial charge in [0.15, 0.2) is 6.23 Å². The van der Waals surface area contributed by atoms with Crippen LogP contribution < -0.4 is 21.3 Å². The number of hydrogen-bond acceptors (Lipinski definition) is 6. The summed E-state index contributed by atoms with van der Waals surface area (Å²) in [5.41, 5.74) is 15.1. The van der Waals surface area contributed by atoms with Crippen molar-refractivity contribution in [3.8, 4) is 11.8 Å². The first-order valence-corrected chi connectivity index (χ1v) is 10.5. The second-order valence-electron chi connectivity index (χ2n) is 7.65. The van der Waals surface area contributed by atoms with Gasteiger partial charge in [-0.1, -0.05) is 49.2 Å². The molecule has 2 aliphatic heterocycles. The summed E-state index contributed by atoms with van der Waals surface area (Å²) in [4.78, 5) is 0. The third-order valence-electron chi connectivity index (χ3n) is 5.72. The summed E-state index contributed by atoms with van der Waals surface area (Å²) in [6.45, 7) is 2.61. The van der Waals surface area contributed by atoms with Crippen LogP contribution in [0.5, 0.6) is 5.75 Å². The Morgan fingerprint density at radius 2 is 1.87 bits per heavy atom. The second kappa shape index (κ2) is 8.97. The molecule has 7 heteroatoms.